The predicted octanol–water partition coefficient (Wildman–Crippen LogP) is 0.642. The Hall–Kier alpha value is -2.93. The van der Waals surface area contributed by atoms with Crippen molar-refractivity contribution in [2.24, 2.45) is 0 Å². The maximum absolute atomic E-state index is 13.7. The lowest BCUT2D eigenvalue weighted by Crippen LogP contribution is -2.33. The van der Waals surface area contributed by atoms with Crippen molar-refractivity contribution in [1.29, 1.82) is 0 Å². The zero-order valence-electron chi connectivity index (χ0n) is 31.4. The standard InChI is InChI=1S/C30H42N7O17P3S2/c1-13-7-35(28(41)32-25(13)31)22-4-16(19(10-38)49-22)52-55(44)47-11-20-18(6-24(50-20)37-9-15(3)27(40)34-30(37)43)54-57(46,59)48-12-21-17(53-56(45)58)5-23(51-21)36-8-14(2)26(39)33-29(36)42/h7-9,16-24,38,55-56H,4-6,10-12H2,1-3H3,(H,45,58)(H,46,59)(H2,31,32,41)(H,33,39,42)(H,34,40,43)/t16?,17-,18-,19?,20?,21?,22?,23?,24?,57?/m0/s1. The van der Waals surface area contributed by atoms with Crippen LogP contribution in [-0.2, 0) is 50.5 Å². The number of rotatable bonds is 16. The lowest BCUT2D eigenvalue weighted by Gasteiger charge is -2.24. The molecule has 3 saturated heterocycles. The minimum atomic E-state index is -4.40. The number of nitrogens with one attached hydrogen (secondary N) is 2. The van der Waals surface area contributed by atoms with Crippen molar-refractivity contribution < 1.29 is 55.6 Å². The van der Waals surface area contributed by atoms with E-state index in [9.17, 15) is 42.8 Å². The van der Waals surface area contributed by atoms with Gasteiger partial charge in [-0.1, -0.05) is 24.5 Å². The van der Waals surface area contributed by atoms with Crippen LogP contribution in [0.1, 0.15) is 54.6 Å². The molecule has 6 rings (SSSR count). The SMILES string of the molecule is Cc1cn(C2CC(O[PH](=O)OCC3OC(n4cc(C)c(=O)[nH]c4=O)C[C@@H]3OP(=O)(S)OCC3OC(n4cc(C)c(=O)[nH]c4=O)C[C@@H]3O[PH](=O)S)C(CO)O2)c(=O)nc1N. The summed E-state index contributed by atoms with van der Waals surface area (Å²) in [4.78, 5) is 69.8. The molecule has 0 aliphatic carbocycles. The molecule has 0 saturated carbocycles. The number of nitrogen functional groups attached to an aromatic ring is 1. The molecule has 6 heterocycles. The summed E-state index contributed by atoms with van der Waals surface area (Å²) in [6.07, 6.45) is -5.89. The summed E-state index contributed by atoms with van der Waals surface area (Å²) in [5.74, 6) is 0.0375. The molecule has 24 nitrogen and oxygen atoms in total. The fourth-order valence-electron chi connectivity index (χ4n) is 6.63. The molecule has 0 radical (unpaired) electrons. The van der Waals surface area contributed by atoms with Crippen molar-refractivity contribution in [1.82, 2.24) is 28.7 Å². The van der Waals surface area contributed by atoms with Crippen LogP contribution in [0.2, 0.25) is 0 Å². The minimum absolute atomic E-state index is 0.0258. The second kappa shape index (κ2) is 19.0. The first-order chi connectivity index (χ1) is 27.8. The van der Waals surface area contributed by atoms with Crippen LogP contribution in [0.25, 0.3) is 0 Å². The number of aromatic amines is 2. The van der Waals surface area contributed by atoms with Crippen LogP contribution in [0.4, 0.5) is 5.82 Å². The molecule has 10 unspecified atom stereocenters. The second-order valence-corrected chi connectivity index (χ2v) is 19.5. The van der Waals surface area contributed by atoms with Crippen LogP contribution >= 0.6 is 46.8 Å². The largest absolute Gasteiger partial charge is 0.394 e. The van der Waals surface area contributed by atoms with Crippen LogP contribution < -0.4 is 33.9 Å². The van der Waals surface area contributed by atoms with Gasteiger partial charge < -0.3 is 38.6 Å². The number of anilines is 1. The summed E-state index contributed by atoms with van der Waals surface area (Å²) >= 11 is 7.96. The van der Waals surface area contributed by atoms with Crippen molar-refractivity contribution in [3.05, 3.63) is 87.4 Å². The number of aromatic nitrogens is 6. The van der Waals surface area contributed by atoms with E-state index < -0.39 is 126 Å². The number of aliphatic hydroxyl groups excluding tert-OH is 1. The normalized spacial score (nSPS) is 29.1. The van der Waals surface area contributed by atoms with E-state index in [0.717, 1.165) is 9.13 Å². The quantitative estimate of drug-likeness (QED) is 0.0848. The Labute approximate surface area is 344 Å². The van der Waals surface area contributed by atoms with Gasteiger partial charge in [-0.15, -0.1) is 0 Å². The van der Waals surface area contributed by atoms with Gasteiger partial charge in [0.25, 0.3) is 11.1 Å². The third-order valence-electron chi connectivity index (χ3n) is 9.65. The topological polar surface area (TPSA) is 316 Å². The van der Waals surface area contributed by atoms with Crippen molar-refractivity contribution in [3.8, 4) is 0 Å². The van der Waals surface area contributed by atoms with E-state index in [0.29, 0.717) is 5.56 Å². The molecular weight excluding hydrogens is 887 g/mol. The van der Waals surface area contributed by atoms with Gasteiger partial charge in [-0.3, -0.25) is 51.4 Å². The van der Waals surface area contributed by atoms with E-state index in [1.165, 1.54) is 37.0 Å². The number of hydrogen-bond donors (Lipinski definition) is 6. The van der Waals surface area contributed by atoms with Crippen LogP contribution in [0, 0.1) is 20.8 Å². The molecule has 326 valence electrons. The van der Waals surface area contributed by atoms with E-state index in [-0.39, 0.29) is 36.2 Å². The summed E-state index contributed by atoms with van der Waals surface area (Å²) in [6, 6.07) is 0. The molecule has 3 aromatic rings. The molecule has 0 amide bonds. The molecular formula is C30H42N7O17P3S2. The number of aryl methyl sites for hydroxylation is 3. The molecule has 5 N–H and O–H groups in total. The van der Waals surface area contributed by atoms with Crippen LogP contribution in [0.5, 0.6) is 0 Å². The predicted molar refractivity (Wildman–Crippen MR) is 213 cm³/mol. The van der Waals surface area contributed by atoms with E-state index in [4.69, 9.17) is 42.6 Å². The average Bonchev–Trinajstić information content (AvgIpc) is 3.87. The molecule has 0 aromatic carbocycles. The summed E-state index contributed by atoms with van der Waals surface area (Å²) < 4.78 is 87.9. The van der Waals surface area contributed by atoms with Gasteiger partial charge in [0, 0.05) is 54.5 Å². The first-order valence-electron chi connectivity index (χ1n) is 17.8. The molecule has 3 aliphatic rings. The number of hydrogen-bond acceptors (Lipinski definition) is 19. The third-order valence-corrected chi connectivity index (χ3v) is 13.0. The highest BCUT2D eigenvalue weighted by molar-refractivity contribution is 8.44. The zero-order valence-corrected chi connectivity index (χ0v) is 36.0. The lowest BCUT2D eigenvalue weighted by molar-refractivity contribution is -0.0513. The number of thiol groups is 2. The highest BCUT2D eigenvalue weighted by Gasteiger charge is 2.45. The van der Waals surface area contributed by atoms with Gasteiger partial charge in [-0.05, 0) is 20.8 Å². The third kappa shape index (κ3) is 10.9. The summed E-state index contributed by atoms with van der Waals surface area (Å²) in [6.45, 7) is -1.44. The lowest BCUT2D eigenvalue weighted by atomic mass is 10.2. The van der Waals surface area contributed by atoms with Crippen molar-refractivity contribution in [3.63, 3.8) is 0 Å². The maximum Gasteiger partial charge on any atom is 0.386 e. The maximum atomic E-state index is 13.7. The van der Waals surface area contributed by atoms with E-state index >= 15 is 0 Å². The van der Waals surface area contributed by atoms with Gasteiger partial charge in [-0.25, -0.2) is 18.9 Å². The van der Waals surface area contributed by atoms with Gasteiger partial charge in [0.1, 0.15) is 48.9 Å². The number of nitrogens with zero attached hydrogens (tertiary/aromatic N) is 4. The summed E-state index contributed by atoms with van der Waals surface area (Å²) in [5, 5.41) is 9.94. The number of nitrogens with two attached hydrogens (primary N) is 1. The van der Waals surface area contributed by atoms with Crippen molar-refractivity contribution >= 4 is 52.6 Å². The molecule has 0 bridgehead atoms. The fourth-order valence-corrected chi connectivity index (χ4v) is 9.93. The van der Waals surface area contributed by atoms with Gasteiger partial charge in [-0.2, -0.15) is 4.98 Å². The molecule has 0 spiro atoms. The van der Waals surface area contributed by atoms with Gasteiger partial charge >= 0.3 is 32.1 Å². The van der Waals surface area contributed by atoms with Crippen LogP contribution in [0.3, 0.4) is 0 Å². The molecule has 12 atom stereocenters. The van der Waals surface area contributed by atoms with Gasteiger partial charge in [0.2, 0.25) is 7.23 Å². The molecule has 3 aliphatic heterocycles. The number of ether oxygens (including phenoxy) is 3. The van der Waals surface area contributed by atoms with Crippen LogP contribution in [-0.4, -0.2) is 90.2 Å². The summed E-state index contributed by atoms with van der Waals surface area (Å²) in [5.41, 5.74) is 3.06. The Morgan fingerprint density at radius 1 is 0.814 bits per heavy atom. The molecule has 29 heteroatoms. The van der Waals surface area contributed by atoms with Gasteiger partial charge in [0.15, 0.2) is 0 Å². The second-order valence-electron chi connectivity index (χ2n) is 13.8. The van der Waals surface area contributed by atoms with Crippen molar-refractivity contribution in [2.75, 3.05) is 25.6 Å². The summed E-state index contributed by atoms with van der Waals surface area (Å²) in [7, 11) is -6.26. The molecule has 59 heavy (non-hydrogen) atoms. The monoisotopic (exact) mass is 929 g/mol. The van der Waals surface area contributed by atoms with Crippen molar-refractivity contribution in [2.45, 2.75) is 95.3 Å². The Morgan fingerprint density at radius 2 is 1.31 bits per heavy atom. The highest BCUT2D eigenvalue weighted by Crippen LogP contribution is 2.57. The van der Waals surface area contributed by atoms with E-state index in [2.05, 4.69) is 39.4 Å². The molecule has 3 aromatic heterocycles. The minimum Gasteiger partial charge on any atom is -0.394 e. The highest BCUT2D eigenvalue weighted by atomic mass is 32.7. The fraction of sp³-hybridized carbons (Fsp3) is 0.600. The number of H-pyrrole nitrogens is 2. The smallest absolute Gasteiger partial charge is 0.386 e. The Morgan fingerprint density at radius 3 is 1.86 bits per heavy atom. The molecule has 3 fully saturated rings. The average molecular weight is 930 g/mol. The Balaban J connectivity index is 1.14. The van der Waals surface area contributed by atoms with Gasteiger partial charge in [0.05, 0.1) is 32.0 Å². The first-order valence-corrected chi connectivity index (χ1v) is 24.3. The number of aliphatic hydroxyl groups is 1. The Kier molecular flexibility index (Phi) is 14.7. The van der Waals surface area contributed by atoms with E-state index in [1.807, 2.05) is 0 Å². The zero-order chi connectivity index (χ0) is 42.9. The Bertz CT molecular complexity index is 2450. The van der Waals surface area contributed by atoms with E-state index in [1.54, 1.807) is 6.92 Å². The first kappa shape index (κ1) is 45.6. The van der Waals surface area contributed by atoms with Crippen LogP contribution in [0.15, 0.2) is 42.6 Å².